The second kappa shape index (κ2) is 5.75. The van der Waals surface area contributed by atoms with Gasteiger partial charge in [0, 0.05) is 45.8 Å². The van der Waals surface area contributed by atoms with Gasteiger partial charge in [-0.25, -0.2) is 9.97 Å². The highest BCUT2D eigenvalue weighted by Gasteiger charge is 2.23. The van der Waals surface area contributed by atoms with Crippen molar-refractivity contribution in [2.45, 2.75) is 25.9 Å². The summed E-state index contributed by atoms with van der Waals surface area (Å²) in [6.07, 6.45) is 3.87. The summed E-state index contributed by atoms with van der Waals surface area (Å²) >= 11 is 0. The van der Waals surface area contributed by atoms with Gasteiger partial charge in [0.1, 0.15) is 12.1 Å². The number of ether oxygens (including phenoxy) is 1. The molecule has 1 aromatic heterocycles. The van der Waals surface area contributed by atoms with Crippen molar-refractivity contribution in [3.05, 3.63) is 18.1 Å². The molecule has 0 aromatic carbocycles. The maximum atomic E-state index is 11.3. The van der Waals surface area contributed by atoms with Crippen molar-refractivity contribution >= 4 is 11.7 Å². The maximum absolute atomic E-state index is 11.3. The molecule has 0 spiro atoms. The van der Waals surface area contributed by atoms with Crippen LogP contribution in [0.3, 0.4) is 0 Å². The van der Waals surface area contributed by atoms with Gasteiger partial charge in [-0.1, -0.05) is 0 Å². The average molecular weight is 276 g/mol. The van der Waals surface area contributed by atoms with Gasteiger partial charge >= 0.3 is 0 Å². The lowest BCUT2D eigenvalue weighted by molar-refractivity contribution is -0.129. The molecule has 0 saturated carbocycles. The number of anilines is 1. The van der Waals surface area contributed by atoms with Crippen molar-refractivity contribution in [3.63, 3.8) is 0 Å². The van der Waals surface area contributed by atoms with E-state index >= 15 is 0 Å². The topological polar surface area (TPSA) is 58.6 Å². The van der Waals surface area contributed by atoms with Crippen LogP contribution in [-0.2, 0) is 9.53 Å². The molecule has 1 atom stereocenters. The lowest BCUT2D eigenvalue weighted by Crippen LogP contribution is -2.48. The molecular weight excluding hydrogens is 256 g/mol. The zero-order valence-corrected chi connectivity index (χ0v) is 11.8. The number of hydrogen-bond donors (Lipinski definition) is 0. The van der Waals surface area contributed by atoms with Gasteiger partial charge in [-0.2, -0.15) is 0 Å². The summed E-state index contributed by atoms with van der Waals surface area (Å²) < 4.78 is 5.67. The van der Waals surface area contributed by atoms with E-state index in [-0.39, 0.29) is 12.0 Å². The van der Waals surface area contributed by atoms with Gasteiger partial charge in [-0.15, -0.1) is 0 Å². The summed E-state index contributed by atoms with van der Waals surface area (Å²) in [5.41, 5.74) is 0.974. The van der Waals surface area contributed by atoms with Crippen LogP contribution in [0.4, 0.5) is 5.82 Å². The molecule has 2 fully saturated rings. The third-order valence-electron chi connectivity index (χ3n) is 3.98. The second-order valence-corrected chi connectivity index (χ2v) is 5.30. The summed E-state index contributed by atoms with van der Waals surface area (Å²) in [7, 11) is 0. The Hall–Kier alpha value is -1.69. The standard InChI is InChI=1S/C14H20N4O2/c1-11(19)17-4-6-18(7-5-17)14-9-12(15-10-16-14)13-3-2-8-20-13/h9-10,13H,2-8H2,1H3. The van der Waals surface area contributed by atoms with E-state index in [0.717, 1.165) is 57.1 Å². The SMILES string of the molecule is CC(=O)N1CCN(c2cc(C3CCCO3)ncn2)CC1. The quantitative estimate of drug-likeness (QED) is 0.806. The van der Waals surface area contributed by atoms with Crippen LogP contribution in [0.2, 0.25) is 0 Å². The normalized spacial score (nSPS) is 23.1. The Morgan fingerprint density at radius 2 is 2.10 bits per heavy atom. The molecule has 6 heteroatoms. The molecule has 0 N–H and O–H groups in total. The van der Waals surface area contributed by atoms with Crippen LogP contribution in [0.25, 0.3) is 0 Å². The predicted molar refractivity (Wildman–Crippen MR) is 74.4 cm³/mol. The van der Waals surface area contributed by atoms with E-state index < -0.39 is 0 Å². The van der Waals surface area contributed by atoms with Gasteiger partial charge in [0.05, 0.1) is 11.8 Å². The Morgan fingerprint density at radius 1 is 1.30 bits per heavy atom. The molecule has 1 unspecified atom stereocenters. The predicted octanol–water partition coefficient (Wildman–Crippen LogP) is 0.997. The third-order valence-corrected chi connectivity index (χ3v) is 3.98. The van der Waals surface area contributed by atoms with Crippen molar-refractivity contribution in [1.29, 1.82) is 0 Å². The number of carbonyl (C=O) groups excluding carboxylic acids is 1. The van der Waals surface area contributed by atoms with Crippen LogP contribution >= 0.6 is 0 Å². The monoisotopic (exact) mass is 276 g/mol. The highest BCUT2D eigenvalue weighted by Crippen LogP contribution is 2.28. The van der Waals surface area contributed by atoms with Crippen molar-refractivity contribution in [2.75, 3.05) is 37.7 Å². The van der Waals surface area contributed by atoms with Gasteiger partial charge in [0.25, 0.3) is 0 Å². The molecule has 2 aliphatic heterocycles. The lowest BCUT2D eigenvalue weighted by Gasteiger charge is -2.35. The summed E-state index contributed by atoms with van der Waals surface area (Å²) in [6.45, 7) is 5.60. The van der Waals surface area contributed by atoms with E-state index in [1.165, 1.54) is 0 Å². The van der Waals surface area contributed by atoms with E-state index in [9.17, 15) is 4.79 Å². The Labute approximate surface area is 118 Å². The van der Waals surface area contributed by atoms with Gasteiger partial charge < -0.3 is 14.5 Å². The first kappa shape index (κ1) is 13.3. The number of piperazine rings is 1. The number of carbonyl (C=O) groups is 1. The highest BCUT2D eigenvalue weighted by molar-refractivity contribution is 5.73. The van der Waals surface area contributed by atoms with Crippen LogP contribution in [0.1, 0.15) is 31.6 Å². The van der Waals surface area contributed by atoms with E-state index in [4.69, 9.17) is 4.74 Å². The van der Waals surface area contributed by atoms with Gasteiger partial charge in [0.2, 0.25) is 5.91 Å². The summed E-state index contributed by atoms with van der Waals surface area (Å²) in [5, 5.41) is 0. The first-order chi connectivity index (χ1) is 9.74. The highest BCUT2D eigenvalue weighted by atomic mass is 16.5. The fourth-order valence-electron chi connectivity index (χ4n) is 2.77. The van der Waals surface area contributed by atoms with Crippen LogP contribution in [0, 0.1) is 0 Å². The first-order valence-corrected chi connectivity index (χ1v) is 7.18. The largest absolute Gasteiger partial charge is 0.372 e. The molecule has 2 saturated heterocycles. The minimum absolute atomic E-state index is 0.121. The summed E-state index contributed by atoms with van der Waals surface area (Å²) in [5.74, 6) is 1.08. The minimum Gasteiger partial charge on any atom is -0.372 e. The fraction of sp³-hybridized carbons (Fsp3) is 0.643. The van der Waals surface area contributed by atoms with Crippen molar-refractivity contribution in [1.82, 2.24) is 14.9 Å². The van der Waals surface area contributed by atoms with E-state index in [1.54, 1.807) is 13.3 Å². The van der Waals surface area contributed by atoms with Crippen LogP contribution in [0.5, 0.6) is 0 Å². The third kappa shape index (κ3) is 2.75. The number of aromatic nitrogens is 2. The van der Waals surface area contributed by atoms with Gasteiger partial charge in [-0.3, -0.25) is 4.79 Å². The zero-order valence-electron chi connectivity index (χ0n) is 11.8. The Morgan fingerprint density at radius 3 is 2.75 bits per heavy atom. The van der Waals surface area contributed by atoms with E-state index in [2.05, 4.69) is 14.9 Å². The van der Waals surface area contributed by atoms with Crippen molar-refractivity contribution in [2.24, 2.45) is 0 Å². The van der Waals surface area contributed by atoms with Crippen LogP contribution in [0.15, 0.2) is 12.4 Å². The summed E-state index contributed by atoms with van der Waals surface area (Å²) in [6, 6.07) is 2.03. The molecule has 1 aromatic rings. The molecule has 3 rings (SSSR count). The molecule has 108 valence electrons. The van der Waals surface area contributed by atoms with Crippen molar-refractivity contribution in [3.8, 4) is 0 Å². The molecule has 0 aliphatic carbocycles. The van der Waals surface area contributed by atoms with E-state index in [0.29, 0.717) is 0 Å². The van der Waals surface area contributed by atoms with E-state index in [1.807, 2.05) is 11.0 Å². The smallest absolute Gasteiger partial charge is 0.219 e. The second-order valence-electron chi connectivity index (χ2n) is 5.30. The molecule has 0 bridgehead atoms. The number of amides is 1. The van der Waals surface area contributed by atoms with Crippen molar-refractivity contribution < 1.29 is 9.53 Å². The van der Waals surface area contributed by atoms with Crippen LogP contribution < -0.4 is 4.90 Å². The molecule has 3 heterocycles. The molecular formula is C14H20N4O2. The number of nitrogens with zero attached hydrogens (tertiary/aromatic N) is 4. The summed E-state index contributed by atoms with van der Waals surface area (Å²) in [4.78, 5) is 24.1. The molecule has 1 amide bonds. The minimum atomic E-state index is 0.121. The molecule has 20 heavy (non-hydrogen) atoms. The number of rotatable bonds is 2. The first-order valence-electron chi connectivity index (χ1n) is 7.18. The molecule has 0 radical (unpaired) electrons. The molecule has 6 nitrogen and oxygen atoms in total. The lowest BCUT2D eigenvalue weighted by atomic mass is 10.1. The average Bonchev–Trinajstić information content (AvgIpc) is 3.02. The Kier molecular flexibility index (Phi) is 3.82. The van der Waals surface area contributed by atoms with Crippen LogP contribution in [-0.4, -0.2) is 53.6 Å². The fourth-order valence-corrected chi connectivity index (χ4v) is 2.77. The Bertz CT molecular complexity index is 480. The molecule has 2 aliphatic rings. The van der Waals surface area contributed by atoms with Gasteiger partial charge in [0.15, 0.2) is 0 Å². The maximum Gasteiger partial charge on any atom is 0.219 e. The van der Waals surface area contributed by atoms with Gasteiger partial charge in [-0.05, 0) is 12.8 Å². The number of hydrogen-bond acceptors (Lipinski definition) is 5. The zero-order chi connectivity index (χ0) is 13.9. The Balaban J connectivity index is 1.68.